The maximum absolute atomic E-state index is 12.1. The van der Waals surface area contributed by atoms with Gasteiger partial charge in [0.2, 0.25) is 0 Å². The minimum atomic E-state index is -0.487. The summed E-state index contributed by atoms with van der Waals surface area (Å²) < 4.78 is 5.40. The highest BCUT2D eigenvalue weighted by Gasteiger charge is 2.29. The molecule has 1 amide bonds. The largest absolute Gasteiger partial charge is 0.508 e. The number of carbonyl (C=O) groups is 1. The Morgan fingerprint density at radius 3 is 2.74 bits per heavy atom. The number of carbonyl (C=O) groups excluding carboxylic acids is 1. The molecule has 1 atom stereocenters. The fraction of sp³-hybridized carbons (Fsp3) is 0.533. The fourth-order valence-corrected chi connectivity index (χ4v) is 2.37. The van der Waals surface area contributed by atoms with Gasteiger partial charge in [0.1, 0.15) is 11.4 Å². The first-order valence-corrected chi connectivity index (χ1v) is 6.56. The summed E-state index contributed by atoms with van der Waals surface area (Å²) in [6.07, 6.45) is -0.298. The number of phenolic OH excluding ortho intramolecular Hbond substituents is 1. The summed E-state index contributed by atoms with van der Waals surface area (Å²) in [6.45, 7) is 8.79. The summed E-state index contributed by atoms with van der Waals surface area (Å²) in [5.74, 6) is 0.480. The van der Waals surface area contributed by atoms with Crippen molar-refractivity contribution in [2.45, 2.75) is 45.8 Å². The minimum Gasteiger partial charge on any atom is -0.508 e. The van der Waals surface area contributed by atoms with Crippen molar-refractivity contribution in [2.24, 2.45) is 0 Å². The van der Waals surface area contributed by atoms with Crippen molar-refractivity contribution in [1.82, 2.24) is 4.90 Å². The molecule has 19 heavy (non-hydrogen) atoms. The smallest absolute Gasteiger partial charge is 0.410 e. The Balaban J connectivity index is 2.18. The van der Waals surface area contributed by atoms with Crippen molar-refractivity contribution in [2.75, 3.05) is 6.54 Å². The van der Waals surface area contributed by atoms with Crippen LogP contribution in [0.3, 0.4) is 0 Å². The molecule has 4 heteroatoms. The van der Waals surface area contributed by atoms with Crippen LogP contribution in [-0.4, -0.2) is 28.2 Å². The van der Waals surface area contributed by atoms with E-state index in [0.29, 0.717) is 13.1 Å². The molecular formula is C15H21NO3. The second-order valence-electron chi connectivity index (χ2n) is 6.15. The molecule has 0 fully saturated rings. The Morgan fingerprint density at radius 2 is 2.11 bits per heavy atom. The molecule has 1 aliphatic rings. The molecule has 1 aromatic carbocycles. The molecule has 0 aliphatic carbocycles. The predicted octanol–water partition coefficient (Wildman–Crippen LogP) is 3.25. The van der Waals surface area contributed by atoms with E-state index in [1.165, 1.54) is 5.56 Å². The lowest BCUT2D eigenvalue weighted by Crippen LogP contribution is -2.41. The highest BCUT2D eigenvalue weighted by molar-refractivity contribution is 5.69. The summed E-state index contributed by atoms with van der Waals surface area (Å²) in [4.78, 5) is 13.8. The van der Waals surface area contributed by atoms with Gasteiger partial charge in [0.15, 0.2) is 0 Å². The van der Waals surface area contributed by atoms with Crippen molar-refractivity contribution >= 4 is 6.09 Å². The van der Waals surface area contributed by atoms with Gasteiger partial charge in [-0.1, -0.05) is 13.0 Å². The molecule has 0 saturated heterocycles. The number of hydrogen-bond acceptors (Lipinski definition) is 3. The van der Waals surface area contributed by atoms with Crippen molar-refractivity contribution < 1.29 is 14.6 Å². The van der Waals surface area contributed by atoms with Gasteiger partial charge in [-0.25, -0.2) is 4.79 Å². The number of aromatic hydroxyl groups is 1. The quantitative estimate of drug-likeness (QED) is 0.781. The molecule has 0 spiro atoms. The van der Waals surface area contributed by atoms with E-state index >= 15 is 0 Å². The van der Waals surface area contributed by atoms with Gasteiger partial charge in [-0.05, 0) is 49.9 Å². The van der Waals surface area contributed by atoms with Crippen LogP contribution in [0.15, 0.2) is 18.2 Å². The van der Waals surface area contributed by atoms with Crippen molar-refractivity contribution in [3.8, 4) is 5.75 Å². The van der Waals surface area contributed by atoms with Gasteiger partial charge in [-0.15, -0.1) is 0 Å². The standard InChI is InChI=1S/C15H21NO3/c1-10-8-16(14(18)19-15(2,3)4)9-11-7-12(17)5-6-13(10)11/h5-7,10,17H,8-9H2,1-4H3. The third-order valence-corrected chi connectivity index (χ3v) is 3.16. The van der Waals surface area contributed by atoms with Crippen molar-refractivity contribution in [3.63, 3.8) is 0 Å². The monoisotopic (exact) mass is 263 g/mol. The van der Waals surface area contributed by atoms with Crippen LogP contribution in [0.25, 0.3) is 0 Å². The third kappa shape index (κ3) is 3.19. The van der Waals surface area contributed by atoms with Gasteiger partial charge in [-0.3, -0.25) is 0 Å². The lowest BCUT2D eigenvalue weighted by Gasteiger charge is -2.34. The number of hydrogen-bond donors (Lipinski definition) is 1. The zero-order valence-corrected chi connectivity index (χ0v) is 11.9. The number of rotatable bonds is 0. The van der Waals surface area contributed by atoms with E-state index in [4.69, 9.17) is 4.74 Å². The first-order valence-electron chi connectivity index (χ1n) is 6.56. The molecule has 4 nitrogen and oxygen atoms in total. The van der Waals surface area contributed by atoms with Crippen LogP contribution in [0.2, 0.25) is 0 Å². The van der Waals surface area contributed by atoms with Gasteiger partial charge in [-0.2, -0.15) is 0 Å². The number of benzene rings is 1. The van der Waals surface area contributed by atoms with Crippen LogP contribution in [0.1, 0.15) is 44.7 Å². The molecule has 0 saturated carbocycles. The van der Waals surface area contributed by atoms with E-state index in [1.807, 2.05) is 26.8 Å². The van der Waals surface area contributed by atoms with Gasteiger partial charge in [0, 0.05) is 13.1 Å². The van der Waals surface area contributed by atoms with E-state index in [0.717, 1.165) is 5.56 Å². The molecule has 2 rings (SSSR count). The number of amides is 1. The van der Waals surface area contributed by atoms with Crippen molar-refractivity contribution in [3.05, 3.63) is 29.3 Å². The topological polar surface area (TPSA) is 49.8 Å². The van der Waals surface area contributed by atoms with Crippen LogP contribution in [-0.2, 0) is 11.3 Å². The maximum Gasteiger partial charge on any atom is 0.410 e. The van der Waals surface area contributed by atoms with E-state index < -0.39 is 5.60 Å². The zero-order valence-electron chi connectivity index (χ0n) is 11.9. The maximum atomic E-state index is 12.1. The summed E-state index contributed by atoms with van der Waals surface area (Å²) in [5.41, 5.74) is 1.70. The molecule has 104 valence electrons. The van der Waals surface area contributed by atoms with E-state index in [1.54, 1.807) is 17.0 Å². The molecular weight excluding hydrogens is 242 g/mol. The number of ether oxygens (including phenoxy) is 1. The second kappa shape index (κ2) is 4.76. The van der Waals surface area contributed by atoms with E-state index in [-0.39, 0.29) is 17.8 Å². The van der Waals surface area contributed by atoms with Crippen molar-refractivity contribution in [1.29, 1.82) is 0 Å². The van der Waals surface area contributed by atoms with Crippen LogP contribution >= 0.6 is 0 Å². The Bertz CT molecular complexity index is 491. The average molecular weight is 263 g/mol. The molecule has 0 radical (unpaired) electrons. The highest BCUT2D eigenvalue weighted by Crippen LogP contribution is 2.31. The molecule has 1 aromatic rings. The molecule has 1 unspecified atom stereocenters. The number of nitrogens with zero attached hydrogens (tertiary/aromatic N) is 1. The SMILES string of the molecule is CC1CN(C(=O)OC(C)(C)C)Cc2cc(O)ccc21. The highest BCUT2D eigenvalue weighted by atomic mass is 16.6. The summed E-state index contributed by atoms with van der Waals surface area (Å²) in [5, 5.41) is 9.55. The molecule has 1 heterocycles. The molecule has 1 N–H and O–H groups in total. The Morgan fingerprint density at radius 1 is 1.42 bits per heavy atom. The summed E-state index contributed by atoms with van der Waals surface area (Å²) in [7, 11) is 0. The van der Waals surface area contributed by atoms with Crippen LogP contribution in [0.5, 0.6) is 5.75 Å². The summed E-state index contributed by atoms with van der Waals surface area (Å²) >= 11 is 0. The van der Waals surface area contributed by atoms with Gasteiger partial charge in [0.25, 0.3) is 0 Å². The first kappa shape index (κ1) is 13.7. The van der Waals surface area contributed by atoms with Crippen LogP contribution < -0.4 is 0 Å². The molecule has 0 bridgehead atoms. The lowest BCUT2D eigenvalue weighted by molar-refractivity contribution is 0.0208. The predicted molar refractivity (Wildman–Crippen MR) is 73.2 cm³/mol. The lowest BCUT2D eigenvalue weighted by atomic mass is 9.91. The number of fused-ring (bicyclic) bond motifs is 1. The van der Waals surface area contributed by atoms with Gasteiger partial charge < -0.3 is 14.7 Å². The Kier molecular flexibility index (Phi) is 3.43. The molecule has 0 aromatic heterocycles. The average Bonchev–Trinajstić information content (AvgIpc) is 2.25. The van der Waals surface area contributed by atoms with E-state index in [2.05, 4.69) is 6.92 Å². The first-order chi connectivity index (χ1) is 8.76. The minimum absolute atomic E-state index is 0.233. The van der Waals surface area contributed by atoms with Gasteiger partial charge in [0.05, 0.1) is 0 Å². The second-order valence-corrected chi connectivity index (χ2v) is 6.15. The van der Waals surface area contributed by atoms with Crippen LogP contribution in [0, 0.1) is 0 Å². The van der Waals surface area contributed by atoms with Gasteiger partial charge >= 0.3 is 6.09 Å². The fourth-order valence-electron chi connectivity index (χ4n) is 2.37. The molecule has 1 aliphatic heterocycles. The van der Waals surface area contributed by atoms with Crippen LogP contribution in [0.4, 0.5) is 4.79 Å². The Hall–Kier alpha value is -1.71. The third-order valence-electron chi connectivity index (χ3n) is 3.16. The Labute approximate surface area is 114 Å². The number of phenols is 1. The van der Waals surface area contributed by atoms with E-state index in [9.17, 15) is 9.90 Å². The zero-order chi connectivity index (χ0) is 14.2. The normalized spacial score (nSPS) is 18.9. The summed E-state index contributed by atoms with van der Waals surface area (Å²) in [6, 6.07) is 5.35.